The van der Waals surface area contributed by atoms with Gasteiger partial charge in [0.05, 0.1) is 6.61 Å². The first-order valence-electron chi connectivity index (χ1n) is 8.17. The van der Waals surface area contributed by atoms with Crippen LogP contribution in [-0.4, -0.2) is 65.1 Å². The van der Waals surface area contributed by atoms with E-state index in [1.54, 1.807) is 14.2 Å². The molecular weight excluding hydrogens is 252 g/mol. The van der Waals surface area contributed by atoms with E-state index in [0.717, 1.165) is 32.7 Å². The molecule has 0 aromatic rings. The summed E-state index contributed by atoms with van der Waals surface area (Å²) in [4.78, 5) is 2.59. The van der Waals surface area contributed by atoms with Crippen LogP contribution < -0.4 is 5.32 Å². The summed E-state index contributed by atoms with van der Waals surface area (Å²) in [5.41, 5.74) is 0.515. The molecule has 0 unspecified atom stereocenters. The lowest BCUT2D eigenvalue weighted by Gasteiger charge is -2.41. The van der Waals surface area contributed by atoms with Crippen molar-refractivity contribution in [2.75, 3.05) is 60.2 Å². The molecule has 0 aromatic heterocycles. The summed E-state index contributed by atoms with van der Waals surface area (Å²) in [5, 5.41) is 3.50. The normalized spacial score (nSPS) is 18.6. The second kappa shape index (κ2) is 10.6. The van der Waals surface area contributed by atoms with Crippen LogP contribution in [-0.2, 0) is 9.47 Å². The van der Waals surface area contributed by atoms with E-state index >= 15 is 0 Å². The lowest BCUT2D eigenvalue weighted by atomic mass is 9.75. The maximum Gasteiger partial charge on any atom is 0.0589 e. The fourth-order valence-corrected chi connectivity index (χ4v) is 3.37. The third kappa shape index (κ3) is 6.53. The first-order valence-corrected chi connectivity index (χ1v) is 8.17. The summed E-state index contributed by atoms with van der Waals surface area (Å²) < 4.78 is 10.5. The molecule has 0 amide bonds. The number of ether oxygens (including phenoxy) is 2. The fourth-order valence-electron chi connectivity index (χ4n) is 3.37. The molecule has 1 saturated heterocycles. The van der Waals surface area contributed by atoms with Gasteiger partial charge in [0.2, 0.25) is 0 Å². The lowest BCUT2D eigenvalue weighted by Crippen LogP contribution is -2.46. The largest absolute Gasteiger partial charge is 0.385 e. The van der Waals surface area contributed by atoms with E-state index in [1.807, 2.05) is 0 Å². The molecule has 1 rings (SSSR count). The Morgan fingerprint density at radius 1 is 1.05 bits per heavy atom. The Labute approximate surface area is 125 Å². The zero-order chi connectivity index (χ0) is 14.7. The predicted octanol–water partition coefficient (Wildman–Crippen LogP) is 2.14. The van der Waals surface area contributed by atoms with Gasteiger partial charge in [-0.2, -0.15) is 0 Å². The molecule has 1 fully saturated rings. The van der Waals surface area contributed by atoms with Gasteiger partial charge >= 0.3 is 0 Å². The van der Waals surface area contributed by atoms with Crippen molar-refractivity contribution in [2.45, 2.75) is 39.0 Å². The molecule has 1 aliphatic heterocycles. The van der Waals surface area contributed by atoms with Crippen molar-refractivity contribution in [3.05, 3.63) is 0 Å². The average molecular weight is 286 g/mol. The van der Waals surface area contributed by atoms with E-state index in [2.05, 4.69) is 17.1 Å². The minimum absolute atomic E-state index is 0.515. The van der Waals surface area contributed by atoms with Crippen LogP contribution in [0.15, 0.2) is 0 Å². The number of methoxy groups -OCH3 is 2. The highest BCUT2D eigenvalue weighted by Gasteiger charge is 2.32. The van der Waals surface area contributed by atoms with E-state index < -0.39 is 0 Å². The minimum atomic E-state index is 0.515. The van der Waals surface area contributed by atoms with E-state index in [0.29, 0.717) is 5.41 Å². The highest BCUT2D eigenvalue weighted by Crippen LogP contribution is 2.34. The smallest absolute Gasteiger partial charge is 0.0589 e. The zero-order valence-electron chi connectivity index (χ0n) is 13.7. The van der Waals surface area contributed by atoms with E-state index in [4.69, 9.17) is 9.47 Å². The molecule has 0 bridgehead atoms. The zero-order valence-corrected chi connectivity index (χ0v) is 13.7. The third-order valence-corrected chi connectivity index (χ3v) is 4.44. The summed E-state index contributed by atoms with van der Waals surface area (Å²) in [6, 6.07) is 0. The first kappa shape index (κ1) is 17.9. The van der Waals surface area contributed by atoms with Crippen LogP contribution in [0.2, 0.25) is 0 Å². The summed E-state index contributed by atoms with van der Waals surface area (Å²) in [6.07, 6.45) is 6.38. The van der Waals surface area contributed by atoms with Gasteiger partial charge in [-0.15, -0.1) is 0 Å². The molecule has 120 valence electrons. The van der Waals surface area contributed by atoms with Crippen molar-refractivity contribution in [1.82, 2.24) is 10.2 Å². The van der Waals surface area contributed by atoms with Gasteiger partial charge in [0.25, 0.3) is 0 Å². The Hall–Kier alpha value is -0.160. The number of nitrogens with zero attached hydrogens (tertiary/aromatic N) is 1. The molecule has 0 atom stereocenters. The van der Waals surface area contributed by atoms with Crippen LogP contribution in [0, 0.1) is 5.41 Å². The molecule has 0 spiro atoms. The van der Waals surface area contributed by atoms with Gasteiger partial charge in [0, 0.05) is 40.5 Å². The Morgan fingerprint density at radius 3 is 2.35 bits per heavy atom. The number of nitrogens with one attached hydrogen (secondary N) is 1. The molecule has 4 heteroatoms. The quantitative estimate of drug-likeness (QED) is 0.590. The lowest BCUT2D eigenvalue weighted by molar-refractivity contribution is 0.0708. The number of rotatable bonds is 11. The molecular formula is C16H34N2O2. The van der Waals surface area contributed by atoms with Gasteiger partial charge < -0.3 is 19.7 Å². The van der Waals surface area contributed by atoms with Gasteiger partial charge in [-0.05, 0) is 44.2 Å². The van der Waals surface area contributed by atoms with Crippen LogP contribution in [0.1, 0.15) is 39.0 Å². The topological polar surface area (TPSA) is 33.7 Å². The first-order chi connectivity index (χ1) is 9.76. The molecule has 0 aliphatic carbocycles. The van der Waals surface area contributed by atoms with Crippen molar-refractivity contribution < 1.29 is 9.47 Å². The van der Waals surface area contributed by atoms with Gasteiger partial charge in [-0.3, -0.25) is 0 Å². The SMILES string of the molecule is CCCC1(CN(CCCOC)CCOC)CCNCC1. The van der Waals surface area contributed by atoms with Crippen LogP contribution in [0.5, 0.6) is 0 Å². The molecule has 0 saturated carbocycles. The van der Waals surface area contributed by atoms with Crippen LogP contribution in [0.4, 0.5) is 0 Å². The van der Waals surface area contributed by atoms with Gasteiger partial charge in [0.15, 0.2) is 0 Å². The summed E-state index contributed by atoms with van der Waals surface area (Å²) in [7, 11) is 3.57. The summed E-state index contributed by atoms with van der Waals surface area (Å²) in [5.74, 6) is 0. The van der Waals surface area contributed by atoms with Crippen LogP contribution in [0.3, 0.4) is 0 Å². The summed E-state index contributed by atoms with van der Waals surface area (Å²) >= 11 is 0. The number of hydrogen-bond acceptors (Lipinski definition) is 4. The van der Waals surface area contributed by atoms with E-state index in [-0.39, 0.29) is 0 Å². The molecule has 1 heterocycles. The number of hydrogen-bond donors (Lipinski definition) is 1. The van der Waals surface area contributed by atoms with E-state index in [1.165, 1.54) is 45.3 Å². The second-order valence-corrected chi connectivity index (χ2v) is 6.12. The Kier molecular flexibility index (Phi) is 9.44. The second-order valence-electron chi connectivity index (χ2n) is 6.12. The predicted molar refractivity (Wildman–Crippen MR) is 84.3 cm³/mol. The molecule has 20 heavy (non-hydrogen) atoms. The minimum Gasteiger partial charge on any atom is -0.385 e. The molecule has 0 aromatic carbocycles. The highest BCUT2D eigenvalue weighted by atomic mass is 16.5. The van der Waals surface area contributed by atoms with Gasteiger partial charge in [-0.1, -0.05) is 13.3 Å². The van der Waals surface area contributed by atoms with Crippen molar-refractivity contribution in [3.8, 4) is 0 Å². The van der Waals surface area contributed by atoms with Gasteiger partial charge in [-0.25, -0.2) is 0 Å². The van der Waals surface area contributed by atoms with E-state index in [9.17, 15) is 0 Å². The monoisotopic (exact) mass is 286 g/mol. The Bertz CT molecular complexity index is 225. The highest BCUT2D eigenvalue weighted by molar-refractivity contribution is 4.87. The third-order valence-electron chi connectivity index (χ3n) is 4.44. The van der Waals surface area contributed by atoms with Gasteiger partial charge in [0.1, 0.15) is 0 Å². The van der Waals surface area contributed by atoms with Crippen molar-refractivity contribution in [2.24, 2.45) is 5.41 Å². The average Bonchev–Trinajstić information content (AvgIpc) is 2.46. The van der Waals surface area contributed by atoms with Crippen LogP contribution in [0.25, 0.3) is 0 Å². The van der Waals surface area contributed by atoms with Crippen molar-refractivity contribution in [1.29, 1.82) is 0 Å². The number of piperidine rings is 1. The summed E-state index contributed by atoms with van der Waals surface area (Å²) in [6.45, 7) is 9.73. The molecule has 0 radical (unpaired) electrons. The maximum absolute atomic E-state index is 5.28. The van der Waals surface area contributed by atoms with Crippen molar-refractivity contribution >= 4 is 0 Å². The molecule has 1 N–H and O–H groups in total. The fraction of sp³-hybridized carbons (Fsp3) is 1.00. The molecule has 4 nitrogen and oxygen atoms in total. The maximum atomic E-state index is 5.28. The standard InChI is InChI=1S/C16H34N2O2/c1-4-6-16(7-9-17-10-8-16)15-18(12-14-20-3)11-5-13-19-2/h17H,4-15H2,1-3H3. The van der Waals surface area contributed by atoms with Crippen molar-refractivity contribution in [3.63, 3.8) is 0 Å². The Morgan fingerprint density at radius 2 is 1.75 bits per heavy atom. The molecule has 1 aliphatic rings. The Balaban J connectivity index is 2.52. The van der Waals surface area contributed by atoms with Crippen LogP contribution >= 0.6 is 0 Å².